The van der Waals surface area contributed by atoms with Gasteiger partial charge in [-0.05, 0) is 24.3 Å². The molecule has 0 aliphatic rings. The maximum absolute atomic E-state index is 5.63. The van der Waals surface area contributed by atoms with E-state index in [0.29, 0.717) is 5.82 Å². The number of aromatic nitrogens is 2. The zero-order valence-electron chi connectivity index (χ0n) is 8.92. The molecular formula is C12H10N4S. The van der Waals surface area contributed by atoms with Crippen molar-refractivity contribution in [2.75, 3.05) is 11.1 Å². The Bertz CT molecular complexity index is 662. The standard InChI is InChI=1S/C12H10N4S/c13-12-6-9(3-4-14-12)16-8-1-2-10-11(5-8)17-7-15-10/h1-7H,(H3,13,14,16). The number of pyridine rings is 1. The van der Waals surface area contributed by atoms with Gasteiger partial charge in [-0.15, -0.1) is 11.3 Å². The van der Waals surface area contributed by atoms with E-state index in [-0.39, 0.29) is 0 Å². The largest absolute Gasteiger partial charge is 0.384 e. The van der Waals surface area contributed by atoms with Crippen LogP contribution in [0.15, 0.2) is 42.0 Å². The molecule has 84 valence electrons. The molecule has 0 aliphatic heterocycles. The van der Waals surface area contributed by atoms with Crippen LogP contribution in [0.3, 0.4) is 0 Å². The van der Waals surface area contributed by atoms with Gasteiger partial charge >= 0.3 is 0 Å². The highest BCUT2D eigenvalue weighted by atomic mass is 32.1. The highest BCUT2D eigenvalue weighted by molar-refractivity contribution is 7.16. The summed E-state index contributed by atoms with van der Waals surface area (Å²) in [7, 11) is 0. The number of benzene rings is 1. The van der Waals surface area contributed by atoms with Gasteiger partial charge in [-0.3, -0.25) is 0 Å². The monoisotopic (exact) mass is 242 g/mol. The smallest absolute Gasteiger partial charge is 0.125 e. The van der Waals surface area contributed by atoms with E-state index in [1.165, 1.54) is 0 Å². The van der Waals surface area contributed by atoms with Crippen LogP contribution in [0.2, 0.25) is 0 Å². The van der Waals surface area contributed by atoms with E-state index in [9.17, 15) is 0 Å². The van der Waals surface area contributed by atoms with Crippen molar-refractivity contribution in [1.82, 2.24) is 9.97 Å². The summed E-state index contributed by atoms with van der Waals surface area (Å²) in [4.78, 5) is 8.19. The fourth-order valence-corrected chi connectivity index (χ4v) is 2.34. The SMILES string of the molecule is Nc1cc(Nc2ccc3ncsc3c2)ccn1. The second-order valence-electron chi connectivity index (χ2n) is 3.63. The molecule has 0 unspecified atom stereocenters. The molecule has 0 aliphatic carbocycles. The van der Waals surface area contributed by atoms with Crippen LogP contribution in [0.25, 0.3) is 10.2 Å². The van der Waals surface area contributed by atoms with E-state index in [0.717, 1.165) is 21.6 Å². The number of nitrogens with two attached hydrogens (primary N) is 1. The molecule has 0 fully saturated rings. The summed E-state index contributed by atoms with van der Waals surface area (Å²) >= 11 is 1.63. The Morgan fingerprint density at radius 3 is 2.82 bits per heavy atom. The van der Waals surface area contributed by atoms with Gasteiger partial charge in [-0.1, -0.05) is 0 Å². The van der Waals surface area contributed by atoms with E-state index in [1.807, 2.05) is 23.7 Å². The van der Waals surface area contributed by atoms with Crippen molar-refractivity contribution in [3.8, 4) is 0 Å². The second-order valence-corrected chi connectivity index (χ2v) is 4.52. The van der Waals surface area contributed by atoms with E-state index in [1.54, 1.807) is 23.6 Å². The Labute approximate surface area is 102 Å². The molecule has 0 bridgehead atoms. The second kappa shape index (κ2) is 4.03. The van der Waals surface area contributed by atoms with Gasteiger partial charge < -0.3 is 11.1 Å². The van der Waals surface area contributed by atoms with Crippen LogP contribution in [0.4, 0.5) is 17.2 Å². The van der Waals surface area contributed by atoms with Crippen LogP contribution in [0.1, 0.15) is 0 Å². The maximum Gasteiger partial charge on any atom is 0.125 e. The summed E-state index contributed by atoms with van der Waals surface area (Å²) in [6, 6.07) is 9.76. The predicted molar refractivity (Wildman–Crippen MR) is 71.6 cm³/mol. The first-order valence-electron chi connectivity index (χ1n) is 5.13. The molecule has 3 N–H and O–H groups in total. The molecular weight excluding hydrogens is 232 g/mol. The van der Waals surface area contributed by atoms with Gasteiger partial charge in [0, 0.05) is 23.6 Å². The number of thiazole rings is 1. The van der Waals surface area contributed by atoms with Crippen molar-refractivity contribution in [3.05, 3.63) is 42.0 Å². The van der Waals surface area contributed by atoms with Gasteiger partial charge in [0.05, 0.1) is 15.7 Å². The fourth-order valence-electron chi connectivity index (χ4n) is 1.63. The molecule has 1 aromatic carbocycles. The van der Waals surface area contributed by atoms with Gasteiger partial charge in [-0.2, -0.15) is 0 Å². The quantitative estimate of drug-likeness (QED) is 0.725. The van der Waals surface area contributed by atoms with E-state index in [4.69, 9.17) is 5.73 Å². The molecule has 0 amide bonds. The minimum Gasteiger partial charge on any atom is -0.384 e. The Morgan fingerprint density at radius 2 is 1.94 bits per heavy atom. The molecule has 0 radical (unpaired) electrons. The Kier molecular flexibility index (Phi) is 2.38. The highest BCUT2D eigenvalue weighted by Crippen LogP contribution is 2.24. The van der Waals surface area contributed by atoms with Crippen molar-refractivity contribution in [1.29, 1.82) is 0 Å². The maximum atomic E-state index is 5.63. The van der Waals surface area contributed by atoms with Gasteiger partial charge in [0.15, 0.2) is 0 Å². The summed E-state index contributed by atoms with van der Waals surface area (Å²) in [6.07, 6.45) is 1.68. The normalized spacial score (nSPS) is 10.6. The molecule has 0 saturated carbocycles. The third-order valence-electron chi connectivity index (χ3n) is 2.40. The predicted octanol–water partition coefficient (Wildman–Crippen LogP) is 3.02. The number of nitrogen functional groups attached to an aromatic ring is 1. The average Bonchev–Trinajstić information content (AvgIpc) is 2.76. The summed E-state index contributed by atoms with van der Waals surface area (Å²) < 4.78 is 1.16. The lowest BCUT2D eigenvalue weighted by Crippen LogP contribution is -1.93. The van der Waals surface area contributed by atoms with Crippen LogP contribution in [-0.2, 0) is 0 Å². The molecule has 0 spiro atoms. The minimum atomic E-state index is 0.508. The third-order valence-corrected chi connectivity index (χ3v) is 3.19. The van der Waals surface area contributed by atoms with E-state index >= 15 is 0 Å². The Hall–Kier alpha value is -2.14. The number of rotatable bonds is 2. The zero-order valence-corrected chi connectivity index (χ0v) is 9.74. The topological polar surface area (TPSA) is 63.8 Å². The van der Waals surface area contributed by atoms with Crippen molar-refractivity contribution in [2.45, 2.75) is 0 Å². The Morgan fingerprint density at radius 1 is 1.06 bits per heavy atom. The molecule has 3 rings (SSSR count). The number of fused-ring (bicyclic) bond motifs is 1. The molecule has 0 atom stereocenters. The summed E-state index contributed by atoms with van der Waals surface area (Å²) in [5, 5.41) is 3.29. The van der Waals surface area contributed by atoms with Crippen molar-refractivity contribution in [3.63, 3.8) is 0 Å². The molecule has 3 aromatic rings. The van der Waals surface area contributed by atoms with Gasteiger partial charge in [0.1, 0.15) is 5.82 Å². The molecule has 5 heteroatoms. The lowest BCUT2D eigenvalue weighted by atomic mass is 10.3. The molecule has 0 saturated heterocycles. The number of nitrogens with zero attached hydrogens (tertiary/aromatic N) is 2. The summed E-state index contributed by atoms with van der Waals surface area (Å²) in [5.41, 5.74) is 10.4. The zero-order chi connectivity index (χ0) is 11.7. The first kappa shape index (κ1) is 10.0. The molecule has 17 heavy (non-hydrogen) atoms. The number of nitrogens with one attached hydrogen (secondary N) is 1. The van der Waals surface area contributed by atoms with Gasteiger partial charge in [0.25, 0.3) is 0 Å². The van der Waals surface area contributed by atoms with E-state index < -0.39 is 0 Å². The van der Waals surface area contributed by atoms with Crippen LogP contribution in [-0.4, -0.2) is 9.97 Å². The van der Waals surface area contributed by atoms with Crippen LogP contribution in [0, 0.1) is 0 Å². The van der Waals surface area contributed by atoms with Crippen molar-refractivity contribution >= 4 is 38.7 Å². The van der Waals surface area contributed by atoms with Crippen LogP contribution < -0.4 is 11.1 Å². The average molecular weight is 242 g/mol. The lowest BCUT2D eigenvalue weighted by Gasteiger charge is -2.06. The number of hydrogen-bond donors (Lipinski definition) is 2. The van der Waals surface area contributed by atoms with Crippen LogP contribution in [0.5, 0.6) is 0 Å². The van der Waals surface area contributed by atoms with Crippen molar-refractivity contribution in [2.24, 2.45) is 0 Å². The van der Waals surface area contributed by atoms with E-state index in [2.05, 4.69) is 21.4 Å². The fraction of sp³-hybridized carbons (Fsp3) is 0. The molecule has 2 heterocycles. The van der Waals surface area contributed by atoms with Crippen molar-refractivity contribution < 1.29 is 0 Å². The summed E-state index contributed by atoms with van der Waals surface area (Å²) in [5.74, 6) is 0.508. The third kappa shape index (κ3) is 2.05. The highest BCUT2D eigenvalue weighted by Gasteiger charge is 1.99. The van der Waals surface area contributed by atoms with Gasteiger partial charge in [-0.25, -0.2) is 9.97 Å². The molecule has 2 aromatic heterocycles. The first-order chi connectivity index (χ1) is 8.31. The Balaban J connectivity index is 1.94. The van der Waals surface area contributed by atoms with Gasteiger partial charge in [0.2, 0.25) is 0 Å². The summed E-state index contributed by atoms with van der Waals surface area (Å²) in [6.45, 7) is 0. The van der Waals surface area contributed by atoms with Crippen LogP contribution >= 0.6 is 11.3 Å². The minimum absolute atomic E-state index is 0.508. The lowest BCUT2D eigenvalue weighted by molar-refractivity contribution is 1.33. The number of anilines is 3. The molecule has 4 nitrogen and oxygen atoms in total. The number of hydrogen-bond acceptors (Lipinski definition) is 5. The first-order valence-corrected chi connectivity index (χ1v) is 6.01.